The van der Waals surface area contributed by atoms with E-state index in [-0.39, 0.29) is 23.9 Å². The molecule has 140 valence electrons. The highest BCUT2D eigenvalue weighted by Gasteiger charge is 2.25. The van der Waals surface area contributed by atoms with Crippen LogP contribution < -0.4 is 10.1 Å². The highest BCUT2D eigenvalue weighted by Crippen LogP contribution is 2.23. The summed E-state index contributed by atoms with van der Waals surface area (Å²) in [4.78, 5) is 12.4. The number of amides is 1. The topological polar surface area (TPSA) is 75.7 Å². The van der Waals surface area contributed by atoms with Crippen molar-refractivity contribution in [1.29, 1.82) is 0 Å². The summed E-state index contributed by atoms with van der Waals surface area (Å²) >= 11 is 0. The Hall–Kier alpha value is -2.38. The van der Waals surface area contributed by atoms with Gasteiger partial charge in [0.15, 0.2) is 0 Å². The van der Waals surface area contributed by atoms with Gasteiger partial charge in [-0.15, -0.1) is 0 Å². The molecule has 0 aliphatic carbocycles. The minimum absolute atomic E-state index is 0.140. The van der Waals surface area contributed by atoms with Crippen molar-refractivity contribution >= 4 is 21.6 Å². The lowest BCUT2D eigenvalue weighted by molar-refractivity contribution is -0.116. The molecule has 0 fully saturated rings. The van der Waals surface area contributed by atoms with Crippen LogP contribution in [-0.2, 0) is 14.8 Å². The first kappa shape index (κ1) is 19.9. The molecular formula is C19H24N2O4S. The molecule has 0 saturated carbocycles. The Balaban J connectivity index is 2.16. The third-order valence-electron chi connectivity index (χ3n) is 4.01. The van der Waals surface area contributed by atoms with Crippen molar-refractivity contribution in [3.8, 4) is 5.75 Å². The predicted molar refractivity (Wildman–Crippen MR) is 102 cm³/mol. The van der Waals surface area contributed by atoms with Crippen LogP contribution in [0.25, 0.3) is 0 Å². The smallest absolute Gasteiger partial charge is 0.243 e. The Morgan fingerprint density at radius 1 is 1.12 bits per heavy atom. The number of anilines is 1. The van der Waals surface area contributed by atoms with Crippen LogP contribution in [0.2, 0.25) is 0 Å². The fourth-order valence-corrected chi connectivity index (χ4v) is 4.02. The molecule has 26 heavy (non-hydrogen) atoms. The van der Waals surface area contributed by atoms with E-state index in [9.17, 15) is 13.2 Å². The first-order valence-corrected chi connectivity index (χ1v) is 9.73. The third kappa shape index (κ3) is 4.62. The highest BCUT2D eigenvalue weighted by atomic mass is 32.2. The van der Waals surface area contributed by atoms with Crippen LogP contribution in [0.5, 0.6) is 5.75 Å². The number of carbonyl (C=O) groups excluding carboxylic acids is 1. The number of rotatable bonds is 7. The summed E-state index contributed by atoms with van der Waals surface area (Å²) in [5.74, 6) is 0.230. The molecular weight excluding hydrogens is 352 g/mol. The molecule has 1 amide bonds. The number of methoxy groups -OCH3 is 1. The van der Waals surface area contributed by atoms with Crippen molar-refractivity contribution in [2.24, 2.45) is 0 Å². The van der Waals surface area contributed by atoms with Crippen molar-refractivity contribution in [1.82, 2.24) is 4.31 Å². The Labute approximate surface area is 154 Å². The normalized spacial score (nSPS) is 11.4. The molecule has 0 unspecified atom stereocenters. The Morgan fingerprint density at radius 3 is 2.31 bits per heavy atom. The van der Waals surface area contributed by atoms with Crippen molar-refractivity contribution in [2.75, 3.05) is 25.5 Å². The maximum absolute atomic E-state index is 12.9. The number of nitrogens with one attached hydrogen (secondary N) is 1. The molecule has 0 aromatic heterocycles. The Morgan fingerprint density at radius 2 is 1.77 bits per heavy atom. The molecule has 0 spiro atoms. The molecule has 0 atom stereocenters. The standard InChI is InChI=1S/C19H24N2O4S/c1-5-21(13-19(22)20-16-8-6-14(2)7-9-16)26(23,24)17-10-11-18(25-4)15(3)12-17/h6-12H,5,13H2,1-4H3,(H,20,22). The number of sulfonamides is 1. The summed E-state index contributed by atoms with van der Waals surface area (Å²) in [7, 11) is -2.24. The monoisotopic (exact) mass is 376 g/mol. The van der Waals surface area contributed by atoms with Crippen LogP contribution in [0.15, 0.2) is 47.4 Å². The molecule has 0 radical (unpaired) electrons. The number of nitrogens with zero attached hydrogens (tertiary/aromatic N) is 1. The van der Waals surface area contributed by atoms with Crippen LogP contribution >= 0.6 is 0 Å². The zero-order chi connectivity index (χ0) is 19.3. The minimum Gasteiger partial charge on any atom is -0.496 e. The number of benzene rings is 2. The number of carbonyl (C=O) groups is 1. The molecule has 6 nitrogen and oxygen atoms in total. The van der Waals surface area contributed by atoms with Gasteiger partial charge in [-0.1, -0.05) is 24.6 Å². The molecule has 2 rings (SSSR count). The van der Waals surface area contributed by atoms with Gasteiger partial charge >= 0.3 is 0 Å². The van der Waals surface area contributed by atoms with E-state index in [1.807, 2.05) is 19.1 Å². The summed E-state index contributed by atoms with van der Waals surface area (Å²) in [6, 6.07) is 12.0. The van der Waals surface area contributed by atoms with Gasteiger partial charge in [0.2, 0.25) is 15.9 Å². The largest absolute Gasteiger partial charge is 0.496 e. The first-order chi connectivity index (χ1) is 12.3. The second-order valence-corrected chi connectivity index (χ2v) is 7.91. The van der Waals surface area contributed by atoms with Gasteiger partial charge in [0.05, 0.1) is 18.6 Å². The zero-order valence-electron chi connectivity index (χ0n) is 15.4. The molecule has 7 heteroatoms. The van der Waals surface area contributed by atoms with Crippen LogP contribution in [0.1, 0.15) is 18.1 Å². The van der Waals surface area contributed by atoms with Crippen molar-refractivity contribution in [2.45, 2.75) is 25.7 Å². The van der Waals surface area contributed by atoms with Gasteiger partial charge in [-0.2, -0.15) is 4.31 Å². The fraction of sp³-hybridized carbons (Fsp3) is 0.316. The molecule has 1 N–H and O–H groups in total. The summed E-state index contributed by atoms with van der Waals surface area (Å²) < 4.78 is 32.0. The molecule has 2 aromatic carbocycles. The van der Waals surface area contributed by atoms with E-state index in [4.69, 9.17) is 4.74 Å². The van der Waals surface area contributed by atoms with Crippen molar-refractivity contribution in [3.63, 3.8) is 0 Å². The molecule has 0 aliphatic rings. The van der Waals surface area contributed by atoms with Gasteiger partial charge in [-0.25, -0.2) is 8.42 Å². The SMILES string of the molecule is CCN(CC(=O)Nc1ccc(C)cc1)S(=O)(=O)c1ccc(OC)c(C)c1. The molecule has 0 aliphatic heterocycles. The second kappa shape index (κ2) is 8.33. The summed E-state index contributed by atoms with van der Waals surface area (Å²) in [5.41, 5.74) is 2.43. The van der Waals surface area contributed by atoms with Gasteiger partial charge < -0.3 is 10.1 Å². The van der Waals surface area contributed by atoms with Crippen LogP contribution in [-0.4, -0.2) is 38.8 Å². The van der Waals surface area contributed by atoms with E-state index in [1.54, 1.807) is 38.1 Å². The lowest BCUT2D eigenvalue weighted by Crippen LogP contribution is -2.37. The van der Waals surface area contributed by atoms with Crippen LogP contribution in [0, 0.1) is 13.8 Å². The van der Waals surface area contributed by atoms with Crippen LogP contribution in [0.3, 0.4) is 0 Å². The van der Waals surface area contributed by atoms with E-state index in [0.717, 1.165) is 9.87 Å². The third-order valence-corrected chi connectivity index (χ3v) is 5.93. The zero-order valence-corrected chi connectivity index (χ0v) is 16.3. The first-order valence-electron chi connectivity index (χ1n) is 8.29. The molecule has 0 saturated heterocycles. The average molecular weight is 376 g/mol. The Kier molecular flexibility index (Phi) is 6.39. The fourth-order valence-electron chi connectivity index (χ4n) is 2.52. The molecule has 0 heterocycles. The van der Waals surface area contributed by atoms with E-state index in [0.29, 0.717) is 17.0 Å². The van der Waals surface area contributed by atoms with E-state index >= 15 is 0 Å². The summed E-state index contributed by atoms with van der Waals surface area (Å²) in [5, 5.41) is 2.72. The predicted octanol–water partition coefficient (Wildman–Crippen LogP) is 2.96. The number of likely N-dealkylation sites (N-methyl/N-ethyl adjacent to an activating group) is 1. The molecule has 0 bridgehead atoms. The lowest BCUT2D eigenvalue weighted by Gasteiger charge is -2.20. The number of ether oxygens (including phenoxy) is 1. The number of hydrogen-bond acceptors (Lipinski definition) is 4. The summed E-state index contributed by atoms with van der Waals surface area (Å²) in [6.45, 7) is 5.37. The number of hydrogen-bond donors (Lipinski definition) is 1. The molecule has 2 aromatic rings. The highest BCUT2D eigenvalue weighted by molar-refractivity contribution is 7.89. The number of aryl methyl sites for hydroxylation is 2. The lowest BCUT2D eigenvalue weighted by atomic mass is 10.2. The van der Waals surface area contributed by atoms with E-state index in [2.05, 4.69) is 5.32 Å². The minimum atomic E-state index is -3.78. The maximum atomic E-state index is 12.9. The Bertz CT molecular complexity index is 877. The second-order valence-electron chi connectivity index (χ2n) is 5.98. The van der Waals surface area contributed by atoms with E-state index in [1.165, 1.54) is 13.2 Å². The van der Waals surface area contributed by atoms with Gasteiger partial charge in [0, 0.05) is 12.2 Å². The van der Waals surface area contributed by atoms with E-state index < -0.39 is 10.0 Å². The van der Waals surface area contributed by atoms with Gasteiger partial charge in [0.25, 0.3) is 0 Å². The van der Waals surface area contributed by atoms with Crippen molar-refractivity contribution < 1.29 is 17.9 Å². The quantitative estimate of drug-likeness (QED) is 0.806. The van der Waals surface area contributed by atoms with Crippen molar-refractivity contribution in [3.05, 3.63) is 53.6 Å². The van der Waals surface area contributed by atoms with Gasteiger partial charge in [-0.05, 0) is 49.7 Å². The maximum Gasteiger partial charge on any atom is 0.243 e. The average Bonchev–Trinajstić information content (AvgIpc) is 2.61. The van der Waals surface area contributed by atoms with Crippen LogP contribution in [0.4, 0.5) is 5.69 Å². The summed E-state index contributed by atoms with van der Waals surface area (Å²) in [6.07, 6.45) is 0. The van der Waals surface area contributed by atoms with Gasteiger partial charge in [0.1, 0.15) is 5.75 Å². The van der Waals surface area contributed by atoms with Gasteiger partial charge in [-0.3, -0.25) is 4.79 Å².